The van der Waals surface area contributed by atoms with Crippen LogP contribution in [-0.4, -0.2) is 18.8 Å². The minimum Gasteiger partial charge on any atom is -0.495 e. The average Bonchev–Trinajstić information content (AvgIpc) is 2.91. The van der Waals surface area contributed by atoms with Gasteiger partial charge in [-0.25, -0.2) is 0 Å². The highest BCUT2D eigenvalue weighted by molar-refractivity contribution is 7.10. The van der Waals surface area contributed by atoms with Gasteiger partial charge in [0.15, 0.2) is 0 Å². The van der Waals surface area contributed by atoms with Gasteiger partial charge < -0.3 is 15.2 Å². The lowest BCUT2D eigenvalue weighted by molar-refractivity contribution is 0.195. The van der Waals surface area contributed by atoms with E-state index in [1.54, 1.807) is 24.5 Å². The molecule has 0 aliphatic carbocycles. The van der Waals surface area contributed by atoms with Crippen LogP contribution < -0.4 is 10.1 Å². The highest BCUT2D eigenvalue weighted by Crippen LogP contribution is 2.28. The molecule has 1 atom stereocenters. The lowest BCUT2D eigenvalue weighted by atomic mass is 10.2. The van der Waals surface area contributed by atoms with Gasteiger partial charge in [-0.2, -0.15) is 0 Å². The molecule has 3 nitrogen and oxygen atoms in total. The Morgan fingerprint density at radius 3 is 2.94 bits per heavy atom. The number of thiophene rings is 1. The number of hydrogen-bond acceptors (Lipinski definition) is 4. The molecule has 0 radical (unpaired) electrons. The lowest BCUT2D eigenvalue weighted by Gasteiger charge is -2.12. The Morgan fingerprint density at radius 1 is 1.44 bits per heavy atom. The maximum Gasteiger partial charge on any atom is 0.139 e. The second-order valence-electron chi connectivity index (χ2n) is 3.76. The van der Waals surface area contributed by atoms with Crippen LogP contribution >= 0.6 is 22.9 Å². The summed E-state index contributed by atoms with van der Waals surface area (Å²) in [6.07, 6.45) is -0.508. The summed E-state index contributed by atoms with van der Waals surface area (Å²) in [5, 5.41) is 15.6. The third kappa shape index (κ3) is 3.16. The third-order valence-corrected chi connectivity index (χ3v) is 3.81. The van der Waals surface area contributed by atoms with Gasteiger partial charge in [-0.1, -0.05) is 17.7 Å². The summed E-state index contributed by atoms with van der Waals surface area (Å²) in [6.45, 7) is 0.450. The summed E-state index contributed by atoms with van der Waals surface area (Å²) in [6, 6.07) is 9.27. The smallest absolute Gasteiger partial charge is 0.139 e. The molecule has 0 spiro atoms. The van der Waals surface area contributed by atoms with Crippen molar-refractivity contribution in [3.8, 4) is 5.75 Å². The van der Waals surface area contributed by atoms with Crippen molar-refractivity contribution in [2.75, 3.05) is 19.0 Å². The zero-order chi connectivity index (χ0) is 13.0. The second kappa shape index (κ2) is 6.09. The van der Waals surface area contributed by atoms with E-state index in [2.05, 4.69) is 5.32 Å². The molecule has 0 aliphatic heterocycles. The zero-order valence-corrected chi connectivity index (χ0v) is 11.5. The molecule has 0 bridgehead atoms. The highest BCUT2D eigenvalue weighted by atomic mass is 35.5. The molecule has 1 unspecified atom stereocenters. The molecule has 2 rings (SSSR count). The summed E-state index contributed by atoms with van der Waals surface area (Å²) >= 11 is 7.48. The predicted octanol–water partition coefficient (Wildman–Crippen LogP) is 3.56. The summed E-state index contributed by atoms with van der Waals surface area (Å²) in [5.41, 5.74) is 0.867. The van der Waals surface area contributed by atoms with Crippen LogP contribution in [0.25, 0.3) is 0 Å². The summed E-state index contributed by atoms with van der Waals surface area (Å²) in [7, 11) is 1.57. The van der Waals surface area contributed by atoms with Crippen molar-refractivity contribution in [1.29, 1.82) is 0 Å². The van der Waals surface area contributed by atoms with E-state index in [9.17, 15) is 5.11 Å². The second-order valence-corrected chi connectivity index (χ2v) is 5.15. The number of benzene rings is 1. The van der Waals surface area contributed by atoms with Crippen molar-refractivity contribution < 1.29 is 9.84 Å². The Kier molecular flexibility index (Phi) is 4.47. The van der Waals surface area contributed by atoms with Crippen molar-refractivity contribution in [3.63, 3.8) is 0 Å². The van der Waals surface area contributed by atoms with E-state index in [-0.39, 0.29) is 0 Å². The fourth-order valence-corrected chi connectivity index (χ4v) is 2.47. The first-order chi connectivity index (χ1) is 8.70. The number of aliphatic hydroxyl groups excluding tert-OH is 1. The van der Waals surface area contributed by atoms with Gasteiger partial charge in [-0.15, -0.1) is 11.3 Å². The molecule has 18 heavy (non-hydrogen) atoms. The molecule has 0 saturated heterocycles. The van der Waals surface area contributed by atoms with Gasteiger partial charge in [0.25, 0.3) is 0 Å². The molecule has 2 aromatic rings. The number of hydrogen-bond donors (Lipinski definition) is 2. The van der Waals surface area contributed by atoms with E-state index in [0.29, 0.717) is 17.3 Å². The van der Waals surface area contributed by atoms with Gasteiger partial charge in [-0.05, 0) is 23.6 Å². The lowest BCUT2D eigenvalue weighted by Crippen LogP contribution is -2.10. The van der Waals surface area contributed by atoms with E-state index < -0.39 is 6.10 Å². The minimum atomic E-state index is -0.508. The average molecular weight is 284 g/mol. The summed E-state index contributed by atoms with van der Waals surface area (Å²) < 4.78 is 5.13. The van der Waals surface area contributed by atoms with E-state index in [4.69, 9.17) is 16.3 Å². The zero-order valence-electron chi connectivity index (χ0n) is 9.89. The van der Waals surface area contributed by atoms with Crippen LogP contribution in [0, 0.1) is 0 Å². The van der Waals surface area contributed by atoms with Crippen LogP contribution in [0.1, 0.15) is 11.0 Å². The number of halogens is 1. The Morgan fingerprint density at radius 2 is 2.28 bits per heavy atom. The molecule has 0 fully saturated rings. The Labute approximate surface area is 115 Å². The minimum absolute atomic E-state index is 0.450. The molecule has 96 valence electrons. The van der Waals surface area contributed by atoms with E-state index >= 15 is 0 Å². The molecular formula is C13H14ClNO2S. The normalized spacial score (nSPS) is 12.2. The molecular weight excluding hydrogens is 270 g/mol. The first-order valence-corrected chi connectivity index (χ1v) is 6.75. The maximum atomic E-state index is 9.94. The van der Waals surface area contributed by atoms with Crippen LogP contribution in [0.3, 0.4) is 0 Å². The third-order valence-electron chi connectivity index (χ3n) is 2.52. The van der Waals surface area contributed by atoms with Gasteiger partial charge >= 0.3 is 0 Å². The van der Waals surface area contributed by atoms with Crippen molar-refractivity contribution in [3.05, 3.63) is 45.6 Å². The number of ether oxygens (including phenoxy) is 1. The molecule has 0 amide bonds. The molecule has 1 heterocycles. The van der Waals surface area contributed by atoms with E-state index in [1.807, 2.05) is 29.6 Å². The molecule has 5 heteroatoms. The van der Waals surface area contributed by atoms with Crippen molar-refractivity contribution in [1.82, 2.24) is 0 Å². The van der Waals surface area contributed by atoms with E-state index in [1.165, 1.54) is 0 Å². The Balaban J connectivity index is 1.98. The molecule has 1 aromatic heterocycles. The van der Waals surface area contributed by atoms with Crippen molar-refractivity contribution in [2.45, 2.75) is 6.10 Å². The largest absolute Gasteiger partial charge is 0.495 e. The first-order valence-electron chi connectivity index (χ1n) is 5.49. The monoisotopic (exact) mass is 283 g/mol. The topological polar surface area (TPSA) is 41.5 Å². The van der Waals surface area contributed by atoms with Crippen LogP contribution in [-0.2, 0) is 0 Å². The van der Waals surface area contributed by atoms with Gasteiger partial charge in [0.2, 0.25) is 0 Å². The first kappa shape index (κ1) is 13.2. The summed E-state index contributed by atoms with van der Waals surface area (Å²) in [4.78, 5) is 0.948. The molecule has 2 N–H and O–H groups in total. The number of methoxy groups -OCH3 is 1. The van der Waals surface area contributed by atoms with Gasteiger partial charge in [-0.3, -0.25) is 0 Å². The van der Waals surface area contributed by atoms with Gasteiger partial charge in [0.1, 0.15) is 11.9 Å². The quantitative estimate of drug-likeness (QED) is 0.882. The number of aliphatic hydroxyl groups is 1. The Bertz CT molecular complexity index is 502. The standard InChI is InChI=1S/C13H14ClNO2S/c1-17-12-7-9(4-5-10(12)14)15-8-11(16)13-3-2-6-18-13/h2-7,11,15-16H,8H2,1H3. The summed E-state index contributed by atoms with van der Waals surface area (Å²) in [5.74, 6) is 0.618. The molecule has 1 aromatic carbocycles. The van der Waals surface area contributed by atoms with Crippen LogP contribution in [0.4, 0.5) is 5.69 Å². The number of anilines is 1. The van der Waals surface area contributed by atoms with Crippen molar-refractivity contribution >= 4 is 28.6 Å². The van der Waals surface area contributed by atoms with Gasteiger partial charge in [0, 0.05) is 23.2 Å². The number of nitrogens with one attached hydrogen (secondary N) is 1. The molecule has 0 aliphatic rings. The number of rotatable bonds is 5. The van der Waals surface area contributed by atoms with Crippen LogP contribution in [0.15, 0.2) is 35.7 Å². The maximum absolute atomic E-state index is 9.94. The predicted molar refractivity (Wildman–Crippen MR) is 75.8 cm³/mol. The molecule has 0 saturated carbocycles. The van der Waals surface area contributed by atoms with Crippen LogP contribution in [0.5, 0.6) is 5.75 Å². The van der Waals surface area contributed by atoms with Crippen molar-refractivity contribution in [2.24, 2.45) is 0 Å². The van der Waals surface area contributed by atoms with Crippen LogP contribution in [0.2, 0.25) is 5.02 Å². The van der Waals surface area contributed by atoms with Gasteiger partial charge in [0.05, 0.1) is 12.1 Å². The fraction of sp³-hybridized carbons (Fsp3) is 0.231. The Hall–Kier alpha value is -1.23. The highest BCUT2D eigenvalue weighted by Gasteiger charge is 2.08. The fourth-order valence-electron chi connectivity index (χ4n) is 1.57. The SMILES string of the molecule is COc1cc(NCC(O)c2cccs2)ccc1Cl. The van der Waals surface area contributed by atoms with E-state index in [0.717, 1.165) is 10.6 Å².